The fraction of sp³-hybridized carbons (Fsp3) is 0.303. The van der Waals surface area contributed by atoms with Crippen LogP contribution in [0.15, 0.2) is 71.0 Å². The summed E-state index contributed by atoms with van der Waals surface area (Å²) in [7, 11) is -1.89. The normalized spacial score (nSPS) is 11.8. The smallest absolute Gasteiger partial charge is 0.354 e. The van der Waals surface area contributed by atoms with Gasteiger partial charge in [0.15, 0.2) is 11.5 Å². The molecule has 0 aliphatic carbocycles. The van der Waals surface area contributed by atoms with E-state index in [1.54, 1.807) is 63.9 Å². The lowest BCUT2D eigenvalue weighted by Crippen LogP contribution is -2.02. The Morgan fingerprint density at radius 1 is 0.957 bits per heavy atom. The molecule has 0 aliphatic heterocycles. The molecule has 0 radical (unpaired) electrons. The number of carbonyl (C=O) groups is 1. The minimum absolute atomic E-state index is 0.120. The van der Waals surface area contributed by atoms with Crippen molar-refractivity contribution in [2.75, 3.05) is 26.9 Å². The van der Waals surface area contributed by atoms with Gasteiger partial charge in [0.05, 0.1) is 38.2 Å². The monoisotopic (exact) mass is 651 g/mol. The molecule has 4 aromatic rings. The largest absolute Gasteiger partial charge is 0.493 e. The van der Waals surface area contributed by atoms with Gasteiger partial charge in [-0.15, -0.1) is 5.10 Å². The molecule has 0 spiro atoms. The number of benzene rings is 2. The lowest BCUT2D eigenvalue weighted by atomic mass is 10.2. The summed E-state index contributed by atoms with van der Waals surface area (Å²) in [6.45, 7) is 8.05. The van der Waals surface area contributed by atoms with Crippen LogP contribution in [-0.4, -0.2) is 47.7 Å². The Kier molecular flexibility index (Phi) is 12.4. The number of hydrogen-bond donors (Lipinski definition) is 0. The number of methoxy groups -OCH3 is 1. The van der Waals surface area contributed by atoms with Gasteiger partial charge in [-0.25, -0.2) is 14.5 Å². The van der Waals surface area contributed by atoms with Crippen LogP contribution < -0.4 is 14.2 Å². The van der Waals surface area contributed by atoms with E-state index >= 15 is 0 Å². The number of nitrogens with zero attached hydrogens (tertiary/aromatic N) is 3. The Labute approximate surface area is 268 Å². The summed E-state index contributed by atoms with van der Waals surface area (Å²) in [6.07, 6.45) is 6.12. The van der Waals surface area contributed by atoms with Gasteiger partial charge >= 0.3 is 13.6 Å². The second kappa shape index (κ2) is 16.6. The molecular weight excluding hydrogens is 613 g/mol. The van der Waals surface area contributed by atoms with Crippen molar-refractivity contribution >= 4 is 25.7 Å². The number of aryl methyl sites for hydroxylation is 1. The second-order valence-electron chi connectivity index (χ2n) is 9.56. The van der Waals surface area contributed by atoms with Gasteiger partial charge in [-0.1, -0.05) is 24.3 Å². The summed E-state index contributed by atoms with van der Waals surface area (Å²) in [4.78, 5) is 16.0. The lowest BCUT2D eigenvalue weighted by molar-refractivity contribution is -0.137. The van der Waals surface area contributed by atoms with E-state index in [2.05, 4.69) is 10.1 Å². The summed E-state index contributed by atoms with van der Waals surface area (Å²) >= 11 is 0. The molecule has 0 bridgehead atoms. The Hall–Kier alpha value is -4.64. The van der Waals surface area contributed by atoms with Crippen molar-refractivity contribution in [1.29, 1.82) is 0 Å². The molecule has 2 heterocycles. The van der Waals surface area contributed by atoms with Crippen LogP contribution in [0.1, 0.15) is 49.2 Å². The fourth-order valence-electron chi connectivity index (χ4n) is 4.17. The van der Waals surface area contributed by atoms with Gasteiger partial charge in [0.2, 0.25) is 11.8 Å². The first kappa shape index (κ1) is 34.2. The standard InChI is InChI=1S/C33H38N3O9P/c1-6-40-32(37)17-16-31-34-28(24(4)45-31)23-41-29-15-14-25(20-30(29)39-5)22-42-33-26(18-19-46(38,43-7-2)44-8-3)21-36(35-33)27-12-10-9-11-13-27/h9-21H,6-8,22-23H2,1-5H3/b17-16+,19-18+. The summed E-state index contributed by atoms with van der Waals surface area (Å²) in [5.41, 5.74) is 2.80. The molecule has 13 heteroatoms. The van der Waals surface area contributed by atoms with Gasteiger partial charge in [-0.3, -0.25) is 4.57 Å². The van der Waals surface area contributed by atoms with Crippen molar-refractivity contribution < 1.29 is 41.8 Å². The number of rotatable bonds is 17. The van der Waals surface area contributed by atoms with Gasteiger partial charge < -0.3 is 32.4 Å². The highest BCUT2D eigenvalue weighted by molar-refractivity contribution is 7.57. The molecule has 0 N–H and O–H groups in total. The van der Waals surface area contributed by atoms with Gasteiger partial charge in [0, 0.05) is 24.2 Å². The third-order valence-corrected chi connectivity index (χ3v) is 8.06. The van der Waals surface area contributed by atoms with E-state index in [1.165, 1.54) is 18.0 Å². The number of carbonyl (C=O) groups excluding carboxylic acids is 1. The van der Waals surface area contributed by atoms with Crippen LogP contribution in [0.4, 0.5) is 0 Å². The van der Waals surface area contributed by atoms with E-state index in [0.717, 1.165) is 11.3 Å². The van der Waals surface area contributed by atoms with Crippen LogP contribution in [0, 0.1) is 6.92 Å². The molecule has 0 unspecified atom stereocenters. The number of oxazole rings is 1. The maximum Gasteiger partial charge on any atom is 0.354 e. The van der Waals surface area contributed by atoms with Crippen LogP contribution in [0.2, 0.25) is 0 Å². The molecule has 0 saturated carbocycles. The SMILES string of the molecule is CCOC(=O)/C=C/c1nc(COc2ccc(COc3nn(-c4ccccc4)cc3/C=C/P(=O)(OCC)OCC)cc2OC)c(C)o1. The van der Waals surface area contributed by atoms with Crippen molar-refractivity contribution in [3.05, 3.63) is 95.1 Å². The second-order valence-corrected chi connectivity index (χ2v) is 11.5. The zero-order chi connectivity index (χ0) is 32.9. The molecule has 12 nitrogen and oxygen atoms in total. The Morgan fingerprint density at radius 3 is 2.41 bits per heavy atom. The van der Waals surface area contributed by atoms with E-state index in [-0.39, 0.29) is 38.9 Å². The summed E-state index contributed by atoms with van der Waals surface area (Å²) < 4.78 is 53.7. The van der Waals surface area contributed by atoms with Crippen LogP contribution >= 0.6 is 7.60 Å². The lowest BCUT2D eigenvalue weighted by Gasteiger charge is -2.13. The Morgan fingerprint density at radius 2 is 1.72 bits per heavy atom. The van der Waals surface area contributed by atoms with Crippen LogP contribution in [-0.2, 0) is 36.4 Å². The molecule has 244 valence electrons. The molecule has 2 aromatic heterocycles. The molecule has 0 fully saturated rings. The van der Waals surface area contributed by atoms with E-state index in [4.69, 9.17) is 32.4 Å². The first-order valence-electron chi connectivity index (χ1n) is 14.7. The third-order valence-electron chi connectivity index (χ3n) is 6.31. The molecule has 0 amide bonds. The number of aromatic nitrogens is 3. The fourth-order valence-corrected chi connectivity index (χ4v) is 5.48. The first-order chi connectivity index (χ1) is 22.3. The van der Waals surface area contributed by atoms with Crippen molar-refractivity contribution in [1.82, 2.24) is 14.8 Å². The third kappa shape index (κ3) is 9.43. The number of hydrogen-bond acceptors (Lipinski definition) is 11. The average molecular weight is 652 g/mol. The van der Waals surface area contributed by atoms with E-state index < -0.39 is 13.6 Å². The maximum atomic E-state index is 13.0. The van der Waals surface area contributed by atoms with Gasteiger partial charge in [-0.05, 0) is 63.6 Å². The van der Waals surface area contributed by atoms with Crippen molar-refractivity contribution in [3.63, 3.8) is 0 Å². The number of para-hydroxylation sites is 1. The van der Waals surface area contributed by atoms with Crippen LogP contribution in [0.5, 0.6) is 17.4 Å². The topological polar surface area (TPSA) is 133 Å². The highest BCUT2D eigenvalue weighted by Crippen LogP contribution is 2.50. The number of ether oxygens (including phenoxy) is 4. The predicted octanol–water partition coefficient (Wildman–Crippen LogP) is 7.15. The van der Waals surface area contributed by atoms with Crippen molar-refractivity contribution in [3.8, 4) is 23.1 Å². The minimum atomic E-state index is -3.44. The molecule has 0 aliphatic rings. The Bertz CT molecular complexity index is 1690. The molecule has 0 saturated heterocycles. The van der Waals surface area contributed by atoms with Gasteiger partial charge in [0.1, 0.15) is 24.7 Å². The molecular formula is C33H38N3O9P. The van der Waals surface area contributed by atoms with Crippen molar-refractivity contribution in [2.24, 2.45) is 0 Å². The molecule has 0 atom stereocenters. The van der Waals surface area contributed by atoms with Crippen LogP contribution in [0.3, 0.4) is 0 Å². The molecule has 4 rings (SSSR count). The predicted molar refractivity (Wildman–Crippen MR) is 172 cm³/mol. The van der Waals surface area contributed by atoms with E-state index in [1.807, 2.05) is 36.4 Å². The van der Waals surface area contributed by atoms with Crippen LogP contribution in [0.25, 0.3) is 17.8 Å². The number of esters is 1. The Balaban J connectivity index is 1.48. The molecule has 2 aromatic carbocycles. The maximum absolute atomic E-state index is 13.0. The van der Waals surface area contributed by atoms with Crippen molar-refractivity contribution in [2.45, 2.75) is 40.9 Å². The quantitative estimate of drug-likeness (QED) is 0.0655. The zero-order valence-electron chi connectivity index (χ0n) is 26.5. The summed E-state index contributed by atoms with van der Waals surface area (Å²) in [5.74, 6) is 3.09. The zero-order valence-corrected chi connectivity index (χ0v) is 27.4. The van der Waals surface area contributed by atoms with Gasteiger partial charge in [0.25, 0.3) is 0 Å². The molecule has 46 heavy (non-hydrogen) atoms. The van der Waals surface area contributed by atoms with E-state index in [0.29, 0.717) is 34.4 Å². The highest BCUT2D eigenvalue weighted by atomic mass is 31.2. The first-order valence-corrected chi connectivity index (χ1v) is 16.3. The summed E-state index contributed by atoms with van der Waals surface area (Å²) in [6, 6.07) is 15.0. The minimum Gasteiger partial charge on any atom is -0.493 e. The summed E-state index contributed by atoms with van der Waals surface area (Å²) in [5, 5.41) is 4.62. The average Bonchev–Trinajstić information content (AvgIpc) is 3.64. The van der Waals surface area contributed by atoms with E-state index in [9.17, 15) is 9.36 Å². The highest BCUT2D eigenvalue weighted by Gasteiger charge is 2.20. The van der Waals surface area contributed by atoms with Gasteiger partial charge in [-0.2, -0.15) is 0 Å².